The van der Waals surface area contributed by atoms with Crippen LogP contribution in [-0.4, -0.2) is 55.6 Å². The minimum Gasteiger partial charge on any atom is -0.345 e. The highest BCUT2D eigenvalue weighted by Crippen LogP contribution is 2.30. The fraction of sp³-hybridized carbons (Fsp3) is 0.417. The summed E-state index contributed by atoms with van der Waals surface area (Å²) in [5.41, 5.74) is 3.18. The van der Waals surface area contributed by atoms with Crippen molar-refractivity contribution in [2.24, 2.45) is 0 Å². The highest BCUT2D eigenvalue weighted by Gasteiger charge is 2.24. The molecule has 4 rings (SSSR count). The van der Waals surface area contributed by atoms with Crippen molar-refractivity contribution in [3.63, 3.8) is 0 Å². The molecule has 0 spiro atoms. The van der Waals surface area contributed by atoms with Gasteiger partial charge < -0.3 is 9.80 Å². The summed E-state index contributed by atoms with van der Waals surface area (Å²) in [6.07, 6.45) is 1.29. The number of thiazole rings is 1. The Morgan fingerprint density at radius 3 is 2.31 bits per heavy atom. The van der Waals surface area contributed by atoms with Crippen molar-refractivity contribution in [1.82, 2.24) is 9.88 Å². The first-order chi connectivity index (χ1) is 15.3. The minimum absolute atomic E-state index is 0.0704. The normalized spacial score (nSPS) is 15.0. The largest absolute Gasteiger partial charge is 0.345 e. The van der Waals surface area contributed by atoms with Gasteiger partial charge in [-0.2, -0.15) is 0 Å². The molecule has 3 aromatic rings. The fourth-order valence-corrected chi connectivity index (χ4v) is 5.96. The molecular weight excluding hydrogens is 442 g/mol. The van der Waals surface area contributed by atoms with Crippen molar-refractivity contribution in [3.05, 3.63) is 53.6 Å². The first kappa shape index (κ1) is 22.7. The molecule has 1 aliphatic heterocycles. The second-order valence-corrected chi connectivity index (χ2v) is 11.9. The number of anilines is 1. The molecule has 32 heavy (non-hydrogen) atoms. The molecule has 0 atom stereocenters. The molecule has 6 nitrogen and oxygen atoms in total. The van der Waals surface area contributed by atoms with E-state index < -0.39 is 15.1 Å². The molecule has 1 aromatic heterocycles. The second-order valence-electron chi connectivity index (χ2n) is 8.43. The maximum absolute atomic E-state index is 12.8. The Morgan fingerprint density at radius 1 is 1.03 bits per heavy atom. The van der Waals surface area contributed by atoms with Crippen LogP contribution >= 0.6 is 11.3 Å². The number of rotatable bonds is 6. The predicted octanol–water partition coefficient (Wildman–Crippen LogP) is 3.93. The van der Waals surface area contributed by atoms with Gasteiger partial charge >= 0.3 is 0 Å². The average Bonchev–Trinajstić information content (AvgIpc) is 3.22. The lowest BCUT2D eigenvalue weighted by Gasteiger charge is -2.34. The summed E-state index contributed by atoms with van der Waals surface area (Å²) in [7, 11) is -3.29. The number of amides is 1. The van der Waals surface area contributed by atoms with Crippen LogP contribution in [0, 0.1) is 0 Å². The summed E-state index contributed by atoms with van der Waals surface area (Å²) in [6, 6.07) is 13.1. The lowest BCUT2D eigenvalue weighted by atomic mass is 10.1. The third kappa shape index (κ3) is 4.66. The number of carbonyl (C=O) groups is 1. The van der Waals surface area contributed by atoms with E-state index in [0.717, 1.165) is 35.7 Å². The Balaban J connectivity index is 1.35. The van der Waals surface area contributed by atoms with E-state index >= 15 is 0 Å². The van der Waals surface area contributed by atoms with Crippen molar-refractivity contribution in [2.75, 3.05) is 31.1 Å². The lowest BCUT2D eigenvalue weighted by molar-refractivity contribution is -0.130. The third-order valence-corrected chi connectivity index (χ3v) is 9.23. The van der Waals surface area contributed by atoms with Gasteiger partial charge in [-0.05, 0) is 55.7 Å². The molecule has 170 valence electrons. The van der Waals surface area contributed by atoms with Gasteiger partial charge in [0.2, 0.25) is 5.91 Å². The van der Waals surface area contributed by atoms with Crippen molar-refractivity contribution in [3.8, 4) is 0 Å². The van der Waals surface area contributed by atoms with Crippen LogP contribution in [0.1, 0.15) is 31.9 Å². The first-order valence-electron chi connectivity index (χ1n) is 11.0. The zero-order valence-electron chi connectivity index (χ0n) is 18.7. The number of piperazine rings is 1. The molecule has 2 heterocycles. The number of sulfone groups is 1. The highest BCUT2D eigenvalue weighted by molar-refractivity contribution is 7.92. The van der Waals surface area contributed by atoms with E-state index in [1.807, 2.05) is 4.90 Å². The quantitative estimate of drug-likeness (QED) is 0.545. The Hall–Kier alpha value is -2.45. The summed E-state index contributed by atoms with van der Waals surface area (Å²) >= 11 is 1.71. The smallest absolute Gasteiger partial charge is 0.227 e. The molecule has 8 heteroatoms. The van der Waals surface area contributed by atoms with Gasteiger partial charge in [0.05, 0.1) is 26.8 Å². The molecular formula is C24H29N3O3S2. The Kier molecular flexibility index (Phi) is 6.53. The maximum Gasteiger partial charge on any atom is 0.227 e. The van der Waals surface area contributed by atoms with Gasteiger partial charge in [0.15, 0.2) is 15.0 Å². The number of aromatic nitrogens is 1. The maximum atomic E-state index is 12.8. The van der Waals surface area contributed by atoms with Crippen molar-refractivity contribution >= 4 is 42.4 Å². The SMILES string of the molecule is CCc1ccc2nc(N3CCN(C(=O)Cc4ccc(S(=O)(=O)C(C)C)cc4)CC3)sc2c1. The van der Waals surface area contributed by atoms with Gasteiger partial charge in [-0.25, -0.2) is 13.4 Å². The molecule has 0 N–H and O–H groups in total. The van der Waals surface area contributed by atoms with E-state index in [4.69, 9.17) is 4.98 Å². The summed E-state index contributed by atoms with van der Waals surface area (Å²) < 4.78 is 25.7. The molecule has 0 aliphatic carbocycles. The van der Waals surface area contributed by atoms with Gasteiger partial charge in [0.1, 0.15) is 0 Å². The van der Waals surface area contributed by atoms with E-state index in [0.29, 0.717) is 18.0 Å². The molecule has 0 bridgehead atoms. The molecule has 1 amide bonds. The van der Waals surface area contributed by atoms with Crippen LogP contribution in [0.5, 0.6) is 0 Å². The molecule has 1 fully saturated rings. The minimum atomic E-state index is -3.29. The number of aryl methyl sites for hydroxylation is 1. The summed E-state index contributed by atoms with van der Waals surface area (Å²) in [5, 5.41) is 0.553. The first-order valence-corrected chi connectivity index (χ1v) is 13.4. The molecule has 0 radical (unpaired) electrons. The molecule has 1 saturated heterocycles. The van der Waals surface area contributed by atoms with Crippen LogP contribution in [0.3, 0.4) is 0 Å². The van der Waals surface area contributed by atoms with Gasteiger partial charge in [-0.1, -0.05) is 36.5 Å². The van der Waals surface area contributed by atoms with Gasteiger partial charge in [0.25, 0.3) is 0 Å². The van der Waals surface area contributed by atoms with Crippen molar-refractivity contribution < 1.29 is 13.2 Å². The monoisotopic (exact) mass is 471 g/mol. The average molecular weight is 472 g/mol. The van der Waals surface area contributed by atoms with Crippen LogP contribution in [0.2, 0.25) is 0 Å². The number of carbonyl (C=O) groups excluding carboxylic acids is 1. The number of hydrogen-bond donors (Lipinski definition) is 0. The Labute approximate surface area is 193 Å². The molecule has 0 saturated carbocycles. The highest BCUT2D eigenvalue weighted by atomic mass is 32.2. The van der Waals surface area contributed by atoms with E-state index in [1.165, 1.54) is 10.3 Å². The van der Waals surface area contributed by atoms with Crippen LogP contribution in [0.4, 0.5) is 5.13 Å². The molecule has 1 aliphatic rings. The van der Waals surface area contributed by atoms with Crippen LogP contribution in [0.25, 0.3) is 10.2 Å². The molecule has 2 aromatic carbocycles. The second kappa shape index (κ2) is 9.19. The Bertz CT molecular complexity index is 1210. The van der Waals surface area contributed by atoms with E-state index in [9.17, 15) is 13.2 Å². The Morgan fingerprint density at radius 2 is 1.69 bits per heavy atom. The van der Waals surface area contributed by atoms with Crippen molar-refractivity contribution in [2.45, 2.75) is 43.8 Å². The molecule has 0 unspecified atom stereocenters. The number of nitrogens with zero attached hydrogens (tertiary/aromatic N) is 3. The number of hydrogen-bond acceptors (Lipinski definition) is 6. The summed E-state index contributed by atoms with van der Waals surface area (Å²) in [4.78, 5) is 22.0. The van der Waals surface area contributed by atoms with Crippen LogP contribution in [-0.2, 0) is 27.5 Å². The zero-order chi connectivity index (χ0) is 22.9. The summed E-state index contributed by atoms with van der Waals surface area (Å²) in [5.74, 6) is 0.0704. The van der Waals surface area contributed by atoms with Crippen LogP contribution in [0.15, 0.2) is 47.4 Å². The van der Waals surface area contributed by atoms with Gasteiger partial charge in [-0.15, -0.1) is 0 Å². The standard InChI is InChI=1S/C24H29N3O3S2/c1-4-18-7-10-21-22(15-18)31-24(25-21)27-13-11-26(12-14-27)23(28)16-19-5-8-20(9-6-19)32(29,30)17(2)3/h5-10,15,17H,4,11-14,16H2,1-3H3. The summed E-state index contributed by atoms with van der Waals surface area (Å²) in [6.45, 7) is 8.34. The zero-order valence-corrected chi connectivity index (χ0v) is 20.4. The van der Waals surface area contributed by atoms with E-state index in [1.54, 1.807) is 49.4 Å². The lowest BCUT2D eigenvalue weighted by Crippen LogP contribution is -2.49. The van der Waals surface area contributed by atoms with E-state index in [2.05, 4.69) is 30.0 Å². The third-order valence-electron chi connectivity index (χ3n) is 5.98. The number of benzene rings is 2. The topological polar surface area (TPSA) is 70.6 Å². The predicted molar refractivity (Wildman–Crippen MR) is 130 cm³/mol. The van der Waals surface area contributed by atoms with E-state index in [-0.39, 0.29) is 12.3 Å². The van der Waals surface area contributed by atoms with Gasteiger partial charge in [-0.3, -0.25) is 4.79 Å². The number of fused-ring (bicyclic) bond motifs is 1. The van der Waals surface area contributed by atoms with Crippen LogP contribution < -0.4 is 4.90 Å². The van der Waals surface area contributed by atoms with Crippen molar-refractivity contribution in [1.29, 1.82) is 0 Å². The van der Waals surface area contributed by atoms with Gasteiger partial charge in [0, 0.05) is 26.2 Å². The fourth-order valence-electron chi connectivity index (χ4n) is 3.81.